The maximum atomic E-state index is 13.1. The van der Waals surface area contributed by atoms with Crippen molar-refractivity contribution in [2.45, 2.75) is 6.54 Å². The first-order valence-corrected chi connectivity index (χ1v) is 9.03. The molecular formula is C20H20FN3O3S. The number of fused-ring (bicyclic) bond motifs is 1. The first-order chi connectivity index (χ1) is 13.5. The molecule has 3 rings (SSSR count). The van der Waals surface area contributed by atoms with Crippen molar-refractivity contribution in [3.63, 3.8) is 0 Å². The Labute approximate surface area is 166 Å². The number of benzene rings is 2. The molecule has 28 heavy (non-hydrogen) atoms. The number of aliphatic hydroxyl groups is 1. The highest BCUT2D eigenvalue weighted by Crippen LogP contribution is 2.19. The summed E-state index contributed by atoms with van der Waals surface area (Å²) in [7, 11) is 1.58. The molecule has 3 N–H and O–H groups in total. The van der Waals surface area contributed by atoms with E-state index >= 15 is 0 Å². The van der Waals surface area contributed by atoms with Crippen molar-refractivity contribution in [1.29, 1.82) is 0 Å². The molecule has 1 aromatic heterocycles. The van der Waals surface area contributed by atoms with Gasteiger partial charge >= 0.3 is 0 Å². The minimum atomic E-state index is -0.346. The average molecular weight is 401 g/mol. The second kappa shape index (κ2) is 8.81. The fourth-order valence-corrected chi connectivity index (χ4v) is 3.06. The summed E-state index contributed by atoms with van der Waals surface area (Å²) in [4.78, 5) is 17.0. The number of nitrogens with zero attached hydrogens (tertiary/aromatic N) is 1. The number of pyridine rings is 1. The van der Waals surface area contributed by atoms with Crippen LogP contribution in [0.1, 0.15) is 5.56 Å². The summed E-state index contributed by atoms with van der Waals surface area (Å²) in [5.41, 5.74) is 1.59. The smallest absolute Gasteiger partial charge is 0.253 e. The van der Waals surface area contributed by atoms with Crippen molar-refractivity contribution < 1.29 is 14.2 Å². The van der Waals surface area contributed by atoms with Gasteiger partial charge in [-0.15, -0.1) is 0 Å². The van der Waals surface area contributed by atoms with E-state index in [-0.39, 0.29) is 31.1 Å². The number of hydrogen-bond donors (Lipinski definition) is 3. The van der Waals surface area contributed by atoms with Crippen LogP contribution in [0.15, 0.2) is 53.3 Å². The number of nitrogens with one attached hydrogen (secondary N) is 2. The van der Waals surface area contributed by atoms with E-state index in [0.29, 0.717) is 27.6 Å². The molecule has 0 saturated heterocycles. The summed E-state index contributed by atoms with van der Waals surface area (Å²) in [6.45, 7) is 0.309. The van der Waals surface area contributed by atoms with Gasteiger partial charge in [0.15, 0.2) is 5.11 Å². The summed E-state index contributed by atoms with van der Waals surface area (Å²) in [5.74, 6) is 0.341. The molecule has 0 aliphatic heterocycles. The Balaban J connectivity index is 1.84. The van der Waals surface area contributed by atoms with Crippen LogP contribution < -0.4 is 15.6 Å². The lowest BCUT2D eigenvalue weighted by Crippen LogP contribution is -2.37. The third-order valence-electron chi connectivity index (χ3n) is 4.24. The van der Waals surface area contributed by atoms with E-state index < -0.39 is 0 Å². The molecule has 2 aromatic carbocycles. The molecule has 0 saturated carbocycles. The molecule has 146 valence electrons. The number of methoxy groups -OCH3 is 1. The number of ether oxygens (including phenoxy) is 1. The first kappa shape index (κ1) is 19.8. The van der Waals surface area contributed by atoms with E-state index in [1.807, 2.05) is 6.07 Å². The van der Waals surface area contributed by atoms with Gasteiger partial charge in [-0.25, -0.2) is 4.39 Å². The van der Waals surface area contributed by atoms with E-state index in [4.69, 9.17) is 17.0 Å². The molecule has 0 radical (unpaired) electrons. The van der Waals surface area contributed by atoms with E-state index in [9.17, 15) is 14.3 Å². The maximum absolute atomic E-state index is 13.1. The molecule has 0 fully saturated rings. The molecule has 0 aliphatic carbocycles. The van der Waals surface area contributed by atoms with Crippen LogP contribution in [0, 0.1) is 5.82 Å². The average Bonchev–Trinajstić information content (AvgIpc) is 2.69. The number of hydrogen-bond acceptors (Lipinski definition) is 4. The van der Waals surface area contributed by atoms with Crippen molar-refractivity contribution in [2.24, 2.45) is 0 Å². The molecule has 0 amide bonds. The number of thiocarbonyl (C=S) groups is 1. The Bertz CT molecular complexity index is 1040. The first-order valence-electron chi connectivity index (χ1n) is 8.62. The summed E-state index contributed by atoms with van der Waals surface area (Å²) in [5, 5.41) is 13.5. The number of anilines is 1. The van der Waals surface area contributed by atoms with Gasteiger partial charge in [0, 0.05) is 28.7 Å². The Morgan fingerprint density at radius 3 is 2.68 bits per heavy atom. The van der Waals surface area contributed by atoms with Gasteiger partial charge in [0.1, 0.15) is 11.6 Å². The number of H-pyrrole nitrogens is 1. The largest absolute Gasteiger partial charge is 0.497 e. The highest BCUT2D eigenvalue weighted by atomic mass is 32.1. The van der Waals surface area contributed by atoms with E-state index in [0.717, 1.165) is 5.39 Å². The van der Waals surface area contributed by atoms with Crippen molar-refractivity contribution in [2.75, 3.05) is 25.6 Å². The standard InChI is InChI=1S/C20H20FN3O3S/c1-27-17-6-7-18-13(11-17)10-14(19(26)23-18)12-24(8-9-25)20(28)22-16-4-2-15(21)3-5-16/h2-7,10-11,25H,8-9,12H2,1H3,(H,22,28)(H,23,26). The van der Waals surface area contributed by atoms with E-state index in [2.05, 4.69) is 10.3 Å². The van der Waals surface area contributed by atoms with Crippen molar-refractivity contribution >= 4 is 33.9 Å². The second-order valence-corrected chi connectivity index (χ2v) is 6.55. The highest BCUT2D eigenvalue weighted by molar-refractivity contribution is 7.80. The van der Waals surface area contributed by atoms with E-state index in [1.165, 1.54) is 12.1 Å². The molecule has 0 bridgehead atoms. The molecule has 8 heteroatoms. The van der Waals surface area contributed by atoms with Crippen molar-refractivity contribution in [3.05, 3.63) is 70.3 Å². The summed E-state index contributed by atoms with van der Waals surface area (Å²) >= 11 is 5.41. The molecule has 3 aromatic rings. The lowest BCUT2D eigenvalue weighted by atomic mass is 10.1. The predicted octanol–water partition coefficient (Wildman–Crippen LogP) is 2.87. The number of aromatic nitrogens is 1. The molecule has 0 spiro atoms. The quantitative estimate of drug-likeness (QED) is 0.552. The normalized spacial score (nSPS) is 10.7. The predicted molar refractivity (Wildman–Crippen MR) is 111 cm³/mol. The van der Waals surface area contributed by atoms with E-state index in [1.54, 1.807) is 42.3 Å². The zero-order chi connectivity index (χ0) is 20.1. The number of rotatable bonds is 6. The van der Waals surface area contributed by atoms with Crippen LogP contribution in [-0.2, 0) is 6.54 Å². The van der Waals surface area contributed by atoms with Crippen molar-refractivity contribution in [3.8, 4) is 5.75 Å². The molecule has 0 atom stereocenters. The topological polar surface area (TPSA) is 77.6 Å². The summed E-state index contributed by atoms with van der Waals surface area (Å²) in [6.07, 6.45) is 0. The minimum absolute atomic E-state index is 0.134. The monoisotopic (exact) mass is 401 g/mol. The number of aromatic amines is 1. The highest BCUT2D eigenvalue weighted by Gasteiger charge is 2.13. The molecule has 6 nitrogen and oxygen atoms in total. The zero-order valence-corrected chi connectivity index (χ0v) is 16.1. The van der Waals surface area contributed by atoms with Gasteiger partial charge < -0.3 is 25.0 Å². The van der Waals surface area contributed by atoms with Gasteiger partial charge in [-0.1, -0.05) is 0 Å². The van der Waals surface area contributed by atoms with Gasteiger partial charge in [0.2, 0.25) is 0 Å². The van der Waals surface area contributed by atoms with Gasteiger partial charge in [0.25, 0.3) is 5.56 Å². The summed E-state index contributed by atoms with van der Waals surface area (Å²) in [6, 6.07) is 12.9. The lowest BCUT2D eigenvalue weighted by Gasteiger charge is -2.25. The van der Waals surface area contributed by atoms with Crippen LogP contribution in [-0.4, -0.2) is 40.4 Å². The molecule has 0 unspecified atom stereocenters. The Hall–Kier alpha value is -2.97. The van der Waals surface area contributed by atoms with Crippen molar-refractivity contribution in [1.82, 2.24) is 9.88 Å². The zero-order valence-electron chi connectivity index (χ0n) is 15.2. The lowest BCUT2D eigenvalue weighted by molar-refractivity contribution is 0.248. The third-order valence-corrected chi connectivity index (χ3v) is 4.60. The van der Waals surface area contributed by atoms with Crippen LogP contribution in [0.3, 0.4) is 0 Å². The van der Waals surface area contributed by atoms with Crippen LogP contribution >= 0.6 is 12.2 Å². The second-order valence-electron chi connectivity index (χ2n) is 6.16. The van der Waals surface area contributed by atoms with Gasteiger partial charge in [-0.3, -0.25) is 4.79 Å². The fourth-order valence-electron chi connectivity index (χ4n) is 2.79. The Morgan fingerprint density at radius 2 is 2.00 bits per heavy atom. The van der Waals surface area contributed by atoms with Gasteiger partial charge in [0.05, 0.1) is 20.3 Å². The molecule has 0 aliphatic rings. The number of halogens is 1. The van der Waals surface area contributed by atoms with Gasteiger partial charge in [-0.05, 0) is 60.7 Å². The van der Waals surface area contributed by atoms with Crippen LogP contribution in [0.4, 0.5) is 10.1 Å². The Morgan fingerprint density at radius 1 is 1.25 bits per heavy atom. The van der Waals surface area contributed by atoms with Crippen LogP contribution in [0.2, 0.25) is 0 Å². The van der Waals surface area contributed by atoms with Crippen LogP contribution in [0.25, 0.3) is 10.9 Å². The number of aliphatic hydroxyl groups excluding tert-OH is 1. The third kappa shape index (κ3) is 4.65. The fraction of sp³-hybridized carbons (Fsp3) is 0.200. The molecule has 1 heterocycles. The SMILES string of the molecule is COc1ccc2[nH]c(=O)c(CN(CCO)C(=S)Nc3ccc(F)cc3)cc2c1. The summed E-state index contributed by atoms with van der Waals surface area (Å²) < 4.78 is 18.3. The Kier molecular flexibility index (Phi) is 6.23. The molecular weight excluding hydrogens is 381 g/mol. The van der Waals surface area contributed by atoms with Gasteiger partial charge in [-0.2, -0.15) is 0 Å². The minimum Gasteiger partial charge on any atom is -0.497 e. The maximum Gasteiger partial charge on any atom is 0.253 e. The van der Waals surface area contributed by atoms with Crippen LogP contribution in [0.5, 0.6) is 5.75 Å².